The van der Waals surface area contributed by atoms with Crippen molar-refractivity contribution in [3.63, 3.8) is 0 Å². The standard InChI is InChI=1S/C26H35N5O/c1-19-23-12-7-15-30(17-13-22-11-4-5-14-27-22)25(23)29-24(28-19)21-10-6-16-31(18-21)26(32)20-8-2-3-9-20/h4-5,11,14,20-21H,2-3,6-10,12-13,15-18H2,1H3/t21-/m1/s1. The highest BCUT2D eigenvalue weighted by molar-refractivity contribution is 5.79. The lowest BCUT2D eigenvalue weighted by molar-refractivity contribution is -0.136. The number of hydrogen-bond donors (Lipinski definition) is 0. The second-order valence-electron chi connectivity index (χ2n) is 9.74. The molecule has 2 aromatic heterocycles. The van der Waals surface area contributed by atoms with Crippen LogP contribution in [0.15, 0.2) is 24.4 Å². The summed E-state index contributed by atoms with van der Waals surface area (Å²) in [6, 6.07) is 6.12. The molecule has 2 fully saturated rings. The summed E-state index contributed by atoms with van der Waals surface area (Å²) >= 11 is 0. The Bertz CT molecular complexity index is 941. The van der Waals surface area contributed by atoms with Crippen LogP contribution in [0, 0.1) is 12.8 Å². The molecule has 32 heavy (non-hydrogen) atoms. The summed E-state index contributed by atoms with van der Waals surface area (Å²) in [5.74, 6) is 2.93. The van der Waals surface area contributed by atoms with Gasteiger partial charge in [-0.2, -0.15) is 0 Å². The molecule has 6 nitrogen and oxygen atoms in total. The van der Waals surface area contributed by atoms with Gasteiger partial charge in [-0.25, -0.2) is 9.97 Å². The second kappa shape index (κ2) is 9.55. The van der Waals surface area contributed by atoms with Crippen LogP contribution in [0.3, 0.4) is 0 Å². The molecule has 0 radical (unpaired) electrons. The Hall–Kier alpha value is -2.50. The first-order chi connectivity index (χ1) is 15.7. The maximum Gasteiger partial charge on any atom is 0.225 e. The summed E-state index contributed by atoms with van der Waals surface area (Å²) in [5, 5.41) is 0. The van der Waals surface area contributed by atoms with Crippen molar-refractivity contribution >= 4 is 11.7 Å². The molecule has 3 aliphatic rings. The molecule has 6 heteroatoms. The van der Waals surface area contributed by atoms with E-state index in [1.165, 1.54) is 18.4 Å². The first kappa shape index (κ1) is 21.4. The maximum atomic E-state index is 13.0. The number of pyridine rings is 1. The predicted molar refractivity (Wildman–Crippen MR) is 126 cm³/mol. The van der Waals surface area contributed by atoms with E-state index in [2.05, 4.69) is 33.8 Å². The van der Waals surface area contributed by atoms with Crippen LogP contribution < -0.4 is 4.90 Å². The number of likely N-dealkylation sites (tertiary alicyclic amines) is 1. The molecule has 0 aromatic carbocycles. The van der Waals surface area contributed by atoms with Gasteiger partial charge in [0.1, 0.15) is 11.6 Å². The minimum atomic E-state index is 0.248. The third-order valence-corrected chi connectivity index (χ3v) is 7.53. The van der Waals surface area contributed by atoms with Crippen molar-refractivity contribution in [2.75, 3.05) is 31.1 Å². The van der Waals surface area contributed by atoms with E-state index >= 15 is 0 Å². The summed E-state index contributed by atoms with van der Waals surface area (Å²) in [4.78, 5) is 32.2. The average Bonchev–Trinajstić information content (AvgIpc) is 3.38. The highest BCUT2D eigenvalue weighted by atomic mass is 16.2. The van der Waals surface area contributed by atoms with Crippen LogP contribution in [0.25, 0.3) is 0 Å². The lowest BCUT2D eigenvalue weighted by Crippen LogP contribution is -2.42. The van der Waals surface area contributed by atoms with Gasteiger partial charge in [-0.05, 0) is 57.6 Å². The predicted octanol–water partition coefficient (Wildman–Crippen LogP) is 4.07. The molecule has 0 bridgehead atoms. The number of amides is 1. The summed E-state index contributed by atoms with van der Waals surface area (Å²) in [6.45, 7) is 5.77. The SMILES string of the molecule is Cc1nc([C@@H]2CCCN(C(=O)C3CCCC3)C2)nc2c1CCCN2CCc1ccccn1. The van der Waals surface area contributed by atoms with Crippen molar-refractivity contribution in [2.24, 2.45) is 5.92 Å². The van der Waals surface area contributed by atoms with Crippen LogP contribution in [0.5, 0.6) is 0 Å². The fraction of sp³-hybridized carbons (Fsp3) is 0.615. The normalized spacial score (nSPS) is 21.6. The lowest BCUT2D eigenvalue weighted by Gasteiger charge is -2.35. The number of aryl methyl sites for hydroxylation is 1. The summed E-state index contributed by atoms with van der Waals surface area (Å²) in [6.07, 6.45) is 11.7. The van der Waals surface area contributed by atoms with Crippen LogP contribution in [0.1, 0.15) is 73.6 Å². The molecular formula is C26H35N5O. The van der Waals surface area contributed by atoms with Gasteiger partial charge in [-0.15, -0.1) is 0 Å². The number of carbonyl (C=O) groups is 1. The van der Waals surface area contributed by atoms with E-state index in [0.29, 0.717) is 5.91 Å². The average molecular weight is 434 g/mol. The molecular weight excluding hydrogens is 398 g/mol. The van der Waals surface area contributed by atoms with E-state index in [0.717, 1.165) is 94.2 Å². The van der Waals surface area contributed by atoms with Crippen molar-refractivity contribution in [3.8, 4) is 0 Å². The minimum absolute atomic E-state index is 0.248. The highest BCUT2D eigenvalue weighted by Gasteiger charge is 2.33. The molecule has 1 saturated carbocycles. The molecule has 4 heterocycles. The first-order valence-electron chi connectivity index (χ1n) is 12.5. The van der Waals surface area contributed by atoms with Gasteiger partial charge in [-0.1, -0.05) is 18.9 Å². The molecule has 5 rings (SSSR count). The first-order valence-corrected chi connectivity index (χ1v) is 12.5. The summed E-state index contributed by atoms with van der Waals surface area (Å²) in [5.41, 5.74) is 3.54. The van der Waals surface area contributed by atoms with Gasteiger partial charge in [0, 0.05) is 67.6 Å². The van der Waals surface area contributed by atoms with Crippen molar-refractivity contribution in [3.05, 3.63) is 47.2 Å². The molecule has 2 aromatic rings. The maximum absolute atomic E-state index is 13.0. The molecule has 1 amide bonds. The quantitative estimate of drug-likeness (QED) is 0.711. The van der Waals surface area contributed by atoms with Gasteiger partial charge in [0.05, 0.1) is 0 Å². The summed E-state index contributed by atoms with van der Waals surface area (Å²) < 4.78 is 0. The smallest absolute Gasteiger partial charge is 0.225 e. The molecule has 170 valence electrons. The Kier molecular flexibility index (Phi) is 6.37. The molecule has 1 saturated heterocycles. The number of hydrogen-bond acceptors (Lipinski definition) is 5. The number of fused-ring (bicyclic) bond motifs is 1. The minimum Gasteiger partial charge on any atom is -0.356 e. The summed E-state index contributed by atoms with van der Waals surface area (Å²) in [7, 11) is 0. The van der Waals surface area contributed by atoms with E-state index < -0.39 is 0 Å². The Morgan fingerprint density at radius 3 is 2.75 bits per heavy atom. The number of aromatic nitrogens is 3. The molecule has 1 aliphatic carbocycles. The zero-order chi connectivity index (χ0) is 21.9. The Morgan fingerprint density at radius 2 is 1.94 bits per heavy atom. The number of carbonyl (C=O) groups excluding carboxylic acids is 1. The largest absolute Gasteiger partial charge is 0.356 e. The molecule has 0 unspecified atom stereocenters. The van der Waals surface area contributed by atoms with E-state index in [1.54, 1.807) is 0 Å². The number of anilines is 1. The van der Waals surface area contributed by atoms with Crippen LogP contribution in [-0.2, 0) is 17.6 Å². The topological polar surface area (TPSA) is 62.2 Å². The molecule has 2 aliphatic heterocycles. The van der Waals surface area contributed by atoms with Gasteiger partial charge >= 0.3 is 0 Å². The van der Waals surface area contributed by atoms with Crippen LogP contribution in [-0.4, -0.2) is 51.9 Å². The van der Waals surface area contributed by atoms with Crippen molar-refractivity contribution < 1.29 is 4.79 Å². The van der Waals surface area contributed by atoms with E-state index in [4.69, 9.17) is 9.97 Å². The number of piperidine rings is 1. The fourth-order valence-electron chi connectivity index (χ4n) is 5.72. The molecule has 0 N–H and O–H groups in total. The highest BCUT2D eigenvalue weighted by Crippen LogP contribution is 2.33. The van der Waals surface area contributed by atoms with Crippen molar-refractivity contribution in [1.82, 2.24) is 19.9 Å². The zero-order valence-electron chi connectivity index (χ0n) is 19.3. The fourth-order valence-corrected chi connectivity index (χ4v) is 5.72. The van der Waals surface area contributed by atoms with Crippen molar-refractivity contribution in [1.29, 1.82) is 0 Å². The number of rotatable bonds is 5. The van der Waals surface area contributed by atoms with Gasteiger partial charge in [0.2, 0.25) is 5.91 Å². The second-order valence-corrected chi connectivity index (χ2v) is 9.74. The van der Waals surface area contributed by atoms with Gasteiger partial charge in [0.25, 0.3) is 0 Å². The third kappa shape index (κ3) is 4.50. The molecule has 0 spiro atoms. The van der Waals surface area contributed by atoms with Crippen LogP contribution >= 0.6 is 0 Å². The van der Waals surface area contributed by atoms with Crippen LogP contribution in [0.4, 0.5) is 5.82 Å². The van der Waals surface area contributed by atoms with Gasteiger partial charge in [-0.3, -0.25) is 9.78 Å². The van der Waals surface area contributed by atoms with E-state index in [1.807, 2.05) is 12.3 Å². The Morgan fingerprint density at radius 1 is 1.06 bits per heavy atom. The Balaban J connectivity index is 1.33. The lowest BCUT2D eigenvalue weighted by atomic mass is 9.94. The zero-order valence-corrected chi connectivity index (χ0v) is 19.3. The van der Waals surface area contributed by atoms with Crippen LogP contribution in [0.2, 0.25) is 0 Å². The third-order valence-electron chi connectivity index (χ3n) is 7.53. The Labute approximate surface area is 191 Å². The monoisotopic (exact) mass is 433 g/mol. The van der Waals surface area contributed by atoms with Gasteiger partial charge in [0.15, 0.2) is 0 Å². The van der Waals surface area contributed by atoms with Gasteiger partial charge < -0.3 is 9.80 Å². The van der Waals surface area contributed by atoms with E-state index in [9.17, 15) is 4.79 Å². The molecule has 1 atom stereocenters. The van der Waals surface area contributed by atoms with E-state index in [-0.39, 0.29) is 11.8 Å². The number of nitrogens with zero attached hydrogens (tertiary/aromatic N) is 5. The van der Waals surface area contributed by atoms with Crippen molar-refractivity contribution in [2.45, 2.75) is 70.6 Å².